The third kappa shape index (κ3) is 1.84. The fraction of sp³-hybridized carbons (Fsp3) is 1.00. The number of rotatable bonds is 2. The van der Waals surface area contributed by atoms with E-state index in [1.54, 1.807) is 0 Å². The normalized spacial score (nSPS) is 46.0. The fourth-order valence-electron chi connectivity index (χ4n) is 1.30. The van der Waals surface area contributed by atoms with Gasteiger partial charge in [0.2, 0.25) is 0 Å². The van der Waals surface area contributed by atoms with E-state index in [0.717, 1.165) is 0 Å². The predicted octanol–water partition coefficient (Wildman–Crippen LogP) is -2.87. The summed E-state index contributed by atoms with van der Waals surface area (Å²) in [6.07, 6.45) is -5.43. The molecule has 1 heterocycles. The molecule has 1 aliphatic heterocycles. The van der Waals surface area contributed by atoms with E-state index in [1.807, 2.05) is 0 Å². The Morgan fingerprint density at radius 2 is 1.77 bits per heavy atom. The molecule has 1 saturated heterocycles. The van der Waals surface area contributed by atoms with Gasteiger partial charge >= 0.3 is 0 Å². The maximum atomic E-state index is 10.1. The Kier molecular flexibility index (Phi) is 3.28. The number of nitrogens with one attached hydrogen (secondary N) is 1. The first kappa shape index (κ1) is 10.5. The highest BCUT2D eigenvalue weighted by molar-refractivity contribution is 4.96. The molecule has 0 saturated carbocycles. The third-order valence-corrected chi connectivity index (χ3v) is 2.13. The molecule has 5 atom stereocenters. The van der Waals surface area contributed by atoms with Crippen molar-refractivity contribution in [3.63, 3.8) is 0 Å². The topological polar surface area (TPSA) is 122 Å². The second kappa shape index (κ2) is 4.07. The Morgan fingerprint density at radius 3 is 2.23 bits per heavy atom. The summed E-state index contributed by atoms with van der Waals surface area (Å²) in [6, 6.07) is -0.846. The van der Waals surface area contributed by atoms with Crippen LogP contribution in [-0.4, -0.2) is 57.6 Å². The molecule has 0 aromatic heterocycles. The fourth-order valence-corrected chi connectivity index (χ4v) is 1.30. The van der Waals surface area contributed by atoms with Gasteiger partial charge in [0.05, 0.1) is 12.6 Å². The molecule has 1 fully saturated rings. The van der Waals surface area contributed by atoms with E-state index in [1.165, 1.54) is 0 Å². The van der Waals surface area contributed by atoms with Crippen LogP contribution in [-0.2, 0) is 0 Å². The van der Waals surface area contributed by atoms with Crippen LogP contribution in [0, 0.1) is 4.91 Å². The molecule has 0 radical (unpaired) electrons. The van der Waals surface area contributed by atoms with Crippen LogP contribution >= 0.6 is 0 Å². The van der Waals surface area contributed by atoms with Crippen molar-refractivity contribution in [2.24, 2.45) is 5.18 Å². The zero-order valence-corrected chi connectivity index (χ0v) is 6.74. The molecule has 0 spiro atoms. The highest BCUT2D eigenvalue weighted by Crippen LogP contribution is 2.15. The Balaban J connectivity index is 2.71. The summed E-state index contributed by atoms with van der Waals surface area (Å²) in [4.78, 5) is 10.1. The summed E-state index contributed by atoms with van der Waals surface area (Å²) in [6.45, 7) is -0.447. The van der Waals surface area contributed by atoms with Gasteiger partial charge in [0, 0.05) is 0 Å². The van der Waals surface area contributed by atoms with Crippen molar-refractivity contribution < 1.29 is 20.4 Å². The van der Waals surface area contributed by atoms with Crippen LogP contribution in [0.4, 0.5) is 0 Å². The van der Waals surface area contributed by atoms with Crippen LogP contribution in [0.5, 0.6) is 0 Å². The summed E-state index contributed by atoms with van der Waals surface area (Å²) in [7, 11) is 0. The van der Waals surface area contributed by atoms with Gasteiger partial charge in [-0.1, -0.05) is 0 Å². The number of nitrogens with zero attached hydrogens (tertiary/aromatic N) is 1. The van der Waals surface area contributed by atoms with Gasteiger partial charge in [-0.15, -0.1) is 4.91 Å². The first-order chi connectivity index (χ1) is 6.11. The quantitative estimate of drug-likeness (QED) is 0.300. The molecule has 1 aliphatic rings. The standard InChI is InChI=1S/C6H12N2O5/c9-1-2-3(10)4(11)5(12)6(7-2)8-13/h2-7,9-12H,1H2/t2-,3-,4+,5-,6?/m1/s1. The Bertz CT molecular complexity index is 188. The van der Waals surface area contributed by atoms with Crippen LogP contribution in [0.15, 0.2) is 5.18 Å². The maximum absolute atomic E-state index is 10.1. The molecule has 1 unspecified atom stereocenters. The van der Waals surface area contributed by atoms with Gasteiger partial charge in [0.15, 0.2) is 6.17 Å². The maximum Gasteiger partial charge on any atom is 0.171 e. The average molecular weight is 192 g/mol. The largest absolute Gasteiger partial charge is 0.395 e. The summed E-state index contributed by atoms with van der Waals surface area (Å²) in [5.74, 6) is 0. The highest BCUT2D eigenvalue weighted by atomic mass is 16.4. The summed E-state index contributed by atoms with van der Waals surface area (Å²) >= 11 is 0. The van der Waals surface area contributed by atoms with E-state index in [0.29, 0.717) is 0 Å². The van der Waals surface area contributed by atoms with Crippen LogP contribution in [0.3, 0.4) is 0 Å². The van der Waals surface area contributed by atoms with E-state index >= 15 is 0 Å². The minimum Gasteiger partial charge on any atom is -0.395 e. The molecular weight excluding hydrogens is 180 g/mol. The Hall–Kier alpha value is -0.600. The molecule has 0 aromatic carbocycles. The van der Waals surface area contributed by atoms with Crippen molar-refractivity contribution in [2.45, 2.75) is 30.5 Å². The number of aliphatic hydroxyl groups excluding tert-OH is 4. The second-order valence-electron chi connectivity index (χ2n) is 2.98. The molecule has 7 heteroatoms. The lowest BCUT2D eigenvalue weighted by Crippen LogP contribution is -2.65. The minimum atomic E-state index is -1.47. The van der Waals surface area contributed by atoms with E-state index in [2.05, 4.69) is 10.5 Å². The SMILES string of the molecule is O=NC1N[C@H](CO)[C@@H](O)[C@H](O)[C@H]1O. The van der Waals surface area contributed by atoms with Crippen molar-refractivity contribution in [3.8, 4) is 0 Å². The van der Waals surface area contributed by atoms with E-state index in [-0.39, 0.29) is 0 Å². The molecule has 0 bridgehead atoms. The number of nitroso groups, excluding NO2 is 1. The molecule has 7 nitrogen and oxygen atoms in total. The van der Waals surface area contributed by atoms with Gasteiger partial charge in [-0.25, -0.2) is 0 Å². The Labute approximate surface area is 74.0 Å². The van der Waals surface area contributed by atoms with Crippen LogP contribution in [0.25, 0.3) is 0 Å². The van der Waals surface area contributed by atoms with Gasteiger partial charge in [-0.05, 0) is 5.18 Å². The monoisotopic (exact) mass is 192 g/mol. The van der Waals surface area contributed by atoms with Gasteiger partial charge in [-0.3, -0.25) is 5.32 Å². The molecule has 76 valence electrons. The number of aliphatic hydroxyl groups is 4. The first-order valence-electron chi connectivity index (χ1n) is 3.85. The molecule has 13 heavy (non-hydrogen) atoms. The van der Waals surface area contributed by atoms with Crippen molar-refractivity contribution >= 4 is 0 Å². The van der Waals surface area contributed by atoms with Gasteiger partial charge in [0.25, 0.3) is 0 Å². The lowest BCUT2D eigenvalue weighted by Gasteiger charge is -2.37. The van der Waals surface area contributed by atoms with Gasteiger partial charge < -0.3 is 20.4 Å². The molecule has 0 aliphatic carbocycles. The van der Waals surface area contributed by atoms with Crippen molar-refractivity contribution in [1.29, 1.82) is 0 Å². The Morgan fingerprint density at radius 1 is 1.15 bits per heavy atom. The summed E-state index contributed by atoms with van der Waals surface area (Å²) < 4.78 is 0. The molecule has 5 N–H and O–H groups in total. The molecular formula is C6H12N2O5. The van der Waals surface area contributed by atoms with Gasteiger partial charge in [0.1, 0.15) is 18.3 Å². The number of hydrogen-bond acceptors (Lipinski definition) is 7. The van der Waals surface area contributed by atoms with E-state index < -0.39 is 37.1 Å². The van der Waals surface area contributed by atoms with Crippen LogP contribution in [0.2, 0.25) is 0 Å². The lowest BCUT2D eigenvalue weighted by molar-refractivity contribution is -0.118. The zero-order valence-electron chi connectivity index (χ0n) is 6.74. The average Bonchev–Trinajstić information content (AvgIpc) is 2.15. The minimum absolute atomic E-state index is 0.447. The summed E-state index contributed by atoms with van der Waals surface area (Å²) in [5.41, 5.74) is 0. The highest BCUT2D eigenvalue weighted by Gasteiger charge is 2.42. The summed E-state index contributed by atoms with van der Waals surface area (Å²) in [5, 5.41) is 41.2. The van der Waals surface area contributed by atoms with Crippen molar-refractivity contribution in [2.75, 3.05) is 6.61 Å². The van der Waals surface area contributed by atoms with Crippen molar-refractivity contribution in [1.82, 2.24) is 5.32 Å². The smallest absolute Gasteiger partial charge is 0.171 e. The van der Waals surface area contributed by atoms with Gasteiger partial charge in [-0.2, -0.15) is 0 Å². The molecule has 0 amide bonds. The number of piperidine rings is 1. The zero-order chi connectivity index (χ0) is 10.0. The van der Waals surface area contributed by atoms with E-state index in [9.17, 15) is 20.2 Å². The number of hydrogen-bond donors (Lipinski definition) is 5. The molecule has 1 rings (SSSR count). The van der Waals surface area contributed by atoms with Crippen LogP contribution < -0.4 is 5.32 Å². The lowest BCUT2D eigenvalue weighted by atomic mass is 9.94. The van der Waals surface area contributed by atoms with Crippen LogP contribution in [0.1, 0.15) is 0 Å². The van der Waals surface area contributed by atoms with E-state index in [4.69, 9.17) is 5.11 Å². The molecule has 0 aromatic rings. The van der Waals surface area contributed by atoms with Crippen molar-refractivity contribution in [3.05, 3.63) is 4.91 Å². The second-order valence-corrected chi connectivity index (χ2v) is 2.98. The first-order valence-corrected chi connectivity index (χ1v) is 3.85. The predicted molar refractivity (Wildman–Crippen MR) is 41.6 cm³/mol. The third-order valence-electron chi connectivity index (χ3n) is 2.13.